The Hall–Kier alpha value is -2.40. The second-order valence-corrected chi connectivity index (χ2v) is 8.49. The predicted octanol–water partition coefficient (Wildman–Crippen LogP) is -1.51. The van der Waals surface area contributed by atoms with Crippen molar-refractivity contribution in [2.24, 2.45) is 4.99 Å². The third-order valence-corrected chi connectivity index (χ3v) is 6.52. The van der Waals surface area contributed by atoms with Crippen molar-refractivity contribution in [1.29, 1.82) is 0 Å². The van der Waals surface area contributed by atoms with Crippen molar-refractivity contribution in [2.45, 2.75) is 56.4 Å². The smallest absolute Gasteiger partial charge is 0.300 e. The van der Waals surface area contributed by atoms with E-state index in [0.717, 1.165) is 0 Å². The van der Waals surface area contributed by atoms with E-state index in [4.69, 9.17) is 0 Å². The zero-order valence-electron chi connectivity index (χ0n) is 14.5. The molecule has 3 N–H and O–H groups in total. The van der Waals surface area contributed by atoms with Gasteiger partial charge in [-0.3, -0.25) is 24.2 Å². The highest BCUT2D eigenvalue weighted by molar-refractivity contribution is 7.91. The van der Waals surface area contributed by atoms with Crippen LogP contribution in [-0.2, 0) is 29.2 Å². The summed E-state index contributed by atoms with van der Waals surface area (Å²) in [5.74, 6) is -3.76. The van der Waals surface area contributed by atoms with Gasteiger partial charge in [-0.15, -0.1) is 0 Å². The van der Waals surface area contributed by atoms with Crippen molar-refractivity contribution in [2.75, 3.05) is 0 Å². The molecule has 27 heavy (non-hydrogen) atoms. The van der Waals surface area contributed by atoms with E-state index in [-0.39, 0.29) is 30.7 Å². The number of carbonyl (C=O) groups is 4. The molecule has 1 saturated carbocycles. The van der Waals surface area contributed by atoms with Crippen LogP contribution in [0.25, 0.3) is 0 Å². The number of sulfonamides is 1. The first-order valence-electron chi connectivity index (χ1n) is 8.57. The molecule has 0 aromatic heterocycles. The van der Waals surface area contributed by atoms with E-state index >= 15 is 0 Å². The fourth-order valence-corrected chi connectivity index (χ4v) is 4.89. The molecule has 3 unspecified atom stereocenters. The van der Waals surface area contributed by atoms with E-state index < -0.39 is 50.7 Å². The van der Waals surface area contributed by atoms with E-state index in [1.807, 2.05) is 0 Å². The number of hydrogen-bond donors (Lipinski definition) is 3. The van der Waals surface area contributed by atoms with Crippen LogP contribution in [0.2, 0.25) is 0 Å². The summed E-state index contributed by atoms with van der Waals surface area (Å²) in [5, 5.41) is 11.8. The summed E-state index contributed by atoms with van der Waals surface area (Å²) in [4.78, 5) is 50.7. The summed E-state index contributed by atoms with van der Waals surface area (Å²) in [6.45, 7) is 1.44. The molecule has 1 fully saturated rings. The number of nitrogens with zero attached hydrogens (tertiary/aromatic N) is 1. The lowest BCUT2D eigenvalue weighted by molar-refractivity contribution is -0.140. The largest absolute Gasteiger partial charge is 0.379 e. The number of hydrogen-bond acceptors (Lipinski definition) is 9. The van der Waals surface area contributed by atoms with Gasteiger partial charge in [0.05, 0.1) is 17.5 Å². The fraction of sp³-hybridized carbons (Fsp3) is 0.562. The molecule has 0 bridgehead atoms. The molecule has 11 heteroatoms. The monoisotopic (exact) mass is 397 g/mol. The molecule has 0 aromatic rings. The maximum Gasteiger partial charge on any atom is 0.300 e. The number of aliphatic hydroxyl groups is 1. The van der Waals surface area contributed by atoms with Crippen LogP contribution in [0.3, 0.4) is 0 Å². The molecule has 0 radical (unpaired) electrons. The number of aliphatic imine (C=N–C) groups is 1. The number of rotatable bonds is 4. The summed E-state index contributed by atoms with van der Waals surface area (Å²) in [6, 6.07) is -0.665. The second kappa shape index (κ2) is 6.97. The minimum atomic E-state index is -4.25. The average molecular weight is 397 g/mol. The normalized spacial score (nSPS) is 27.9. The van der Waals surface area contributed by atoms with Crippen molar-refractivity contribution in [3.8, 4) is 0 Å². The highest BCUT2D eigenvalue weighted by atomic mass is 32.2. The summed E-state index contributed by atoms with van der Waals surface area (Å²) in [5.41, 5.74) is 0.586. The highest BCUT2D eigenvalue weighted by Gasteiger charge is 2.45. The van der Waals surface area contributed by atoms with Crippen LogP contribution in [-0.4, -0.2) is 59.9 Å². The SMILES string of the molecule is CCC(=O)C(=O)NS(=O)(=O)C1CCCC2=C1N=C1C(CC(=O)C(=O)C1O)N2. The summed E-state index contributed by atoms with van der Waals surface area (Å²) in [6.07, 6.45) is -0.888. The van der Waals surface area contributed by atoms with Gasteiger partial charge in [-0.25, -0.2) is 13.1 Å². The Bertz CT molecular complexity index is 903. The third kappa shape index (κ3) is 3.44. The van der Waals surface area contributed by atoms with Crippen molar-refractivity contribution < 1.29 is 32.7 Å². The lowest BCUT2D eigenvalue weighted by Crippen LogP contribution is -2.56. The summed E-state index contributed by atoms with van der Waals surface area (Å²) in [7, 11) is -4.25. The van der Waals surface area contributed by atoms with Crippen molar-refractivity contribution in [3.63, 3.8) is 0 Å². The maximum absolute atomic E-state index is 12.6. The molecule has 0 aromatic carbocycles. The minimum Gasteiger partial charge on any atom is -0.379 e. The first-order chi connectivity index (χ1) is 12.7. The Morgan fingerprint density at radius 1 is 1.33 bits per heavy atom. The fourth-order valence-electron chi connectivity index (χ4n) is 3.41. The van der Waals surface area contributed by atoms with Crippen molar-refractivity contribution in [1.82, 2.24) is 10.0 Å². The third-order valence-electron chi connectivity index (χ3n) is 4.84. The van der Waals surface area contributed by atoms with Gasteiger partial charge in [-0.05, 0) is 19.3 Å². The Labute approximate surface area is 155 Å². The molecule has 2 aliphatic carbocycles. The predicted molar refractivity (Wildman–Crippen MR) is 92.0 cm³/mol. The van der Waals surface area contributed by atoms with Gasteiger partial charge in [-0.1, -0.05) is 6.92 Å². The van der Waals surface area contributed by atoms with Gasteiger partial charge >= 0.3 is 5.91 Å². The number of Topliss-reactive ketones (excluding diaryl/α,β-unsaturated/α-hetero) is 3. The Morgan fingerprint density at radius 3 is 2.70 bits per heavy atom. The first kappa shape index (κ1) is 19.4. The number of ketones is 3. The number of nitrogens with one attached hydrogen (secondary N) is 2. The van der Waals surface area contributed by atoms with Crippen LogP contribution in [0, 0.1) is 0 Å². The number of carbonyl (C=O) groups excluding carboxylic acids is 4. The number of allylic oxidation sites excluding steroid dienone is 1. The minimum absolute atomic E-state index is 0.00332. The van der Waals surface area contributed by atoms with Crippen molar-refractivity contribution in [3.05, 3.63) is 11.4 Å². The average Bonchev–Trinajstić information content (AvgIpc) is 2.63. The first-order valence-corrected chi connectivity index (χ1v) is 10.1. The van der Waals surface area contributed by atoms with E-state index in [0.29, 0.717) is 18.5 Å². The molecule has 1 amide bonds. The molecule has 10 nitrogen and oxygen atoms in total. The van der Waals surface area contributed by atoms with Gasteiger partial charge < -0.3 is 10.4 Å². The highest BCUT2D eigenvalue weighted by Crippen LogP contribution is 2.33. The van der Waals surface area contributed by atoms with E-state index in [1.165, 1.54) is 6.92 Å². The zero-order chi connectivity index (χ0) is 19.9. The van der Waals surface area contributed by atoms with Crippen LogP contribution in [0.5, 0.6) is 0 Å². The number of amides is 1. The van der Waals surface area contributed by atoms with Gasteiger partial charge in [0.15, 0.2) is 6.10 Å². The molecular formula is C16H19N3O7S. The molecule has 1 aliphatic heterocycles. The molecule has 3 aliphatic rings. The quantitative estimate of drug-likeness (QED) is 0.483. The van der Waals surface area contributed by atoms with Crippen LogP contribution in [0.15, 0.2) is 16.4 Å². The van der Waals surface area contributed by atoms with Crippen LogP contribution >= 0.6 is 0 Å². The summed E-state index contributed by atoms with van der Waals surface area (Å²) >= 11 is 0. The lowest BCUT2D eigenvalue weighted by atomic mass is 9.86. The molecular weight excluding hydrogens is 378 g/mol. The molecule has 146 valence electrons. The van der Waals surface area contributed by atoms with E-state index in [1.54, 1.807) is 4.72 Å². The molecule has 1 heterocycles. The van der Waals surface area contributed by atoms with Crippen LogP contribution in [0.1, 0.15) is 39.0 Å². The maximum atomic E-state index is 12.6. The van der Waals surface area contributed by atoms with Gasteiger partial charge in [-0.2, -0.15) is 0 Å². The van der Waals surface area contributed by atoms with Gasteiger partial charge in [0, 0.05) is 18.5 Å². The Kier molecular flexibility index (Phi) is 5.00. The van der Waals surface area contributed by atoms with Crippen LogP contribution < -0.4 is 10.0 Å². The van der Waals surface area contributed by atoms with Crippen LogP contribution in [0.4, 0.5) is 0 Å². The van der Waals surface area contributed by atoms with E-state index in [2.05, 4.69) is 10.3 Å². The zero-order valence-corrected chi connectivity index (χ0v) is 15.3. The van der Waals surface area contributed by atoms with Gasteiger partial charge in [0.25, 0.3) is 0 Å². The Balaban J connectivity index is 1.94. The lowest BCUT2D eigenvalue weighted by Gasteiger charge is -2.37. The topological polar surface area (TPSA) is 159 Å². The molecule has 0 spiro atoms. The van der Waals surface area contributed by atoms with Crippen molar-refractivity contribution >= 4 is 39.0 Å². The van der Waals surface area contributed by atoms with E-state index in [9.17, 15) is 32.7 Å². The molecule has 3 rings (SSSR count). The van der Waals surface area contributed by atoms with Gasteiger partial charge in [0.1, 0.15) is 5.25 Å². The van der Waals surface area contributed by atoms with Gasteiger partial charge in [0.2, 0.25) is 27.4 Å². The number of aliphatic hydroxyl groups excluding tert-OH is 1. The summed E-state index contributed by atoms with van der Waals surface area (Å²) < 4.78 is 27.0. The Morgan fingerprint density at radius 2 is 2.04 bits per heavy atom. The molecule has 0 saturated heterocycles. The molecule has 3 atom stereocenters. The number of fused-ring (bicyclic) bond motifs is 1. The second-order valence-electron chi connectivity index (χ2n) is 6.63. The standard InChI is InChI=1S/C16H19N3O7S/c1-2-9(20)16(24)19-27(25,26)11-5-3-4-7-12(11)18-13-8(17-7)6-10(21)14(22)15(13)23/h8,11,15,17,23H,2-6H2,1H3,(H,19,24).